The SMILES string of the molecule is CCOCCNC(=O)[C@@H]1CC(=O)N[C@@H](CC(N)=O)C(=O)NCCOc2ccccc2C(=O)N1. The molecule has 1 aromatic rings. The highest BCUT2D eigenvalue weighted by atomic mass is 16.5. The Balaban J connectivity index is 2.27. The molecular formula is C21H29N5O7. The predicted molar refractivity (Wildman–Crippen MR) is 116 cm³/mol. The fourth-order valence-corrected chi connectivity index (χ4v) is 3.05. The van der Waals surface area contributed by atoms with Crippen molar-refractivity contribution in [2.45, 2.75) is 31.8 Å². The lowest BCUT2D eigenvalue weighted by Gasteiger charge is -2.22. The molecule has 0 fully saturated rings. The molecule has 1 aromatic carbocycles. The lowest BCUT2D eigenvalue weighted by molar-refractivity contribution is -0.132. The minimum atomic E-state index is -1.26. The number of primary amides is 1. The molecule has 1 heterocycles. The van der Waals surface area contributed by atoms with Crippen molar-refractivity contribution in [1.29, 1.82) is 0 Å². The van der Waals surface area contributed by atoms with Gasteiger partial charge in [0.05, 0.1) is 31.6 Å². The Hall–Kier alpha value is -3.67. The van der Waals surface area contributed by atoms with Gasteiger partial charge >= 0.3 is 0 Å². The van der Waals surface area contributed by atoms with Crippen LogP contribution in [0.4, 0.5) is 0 Å². The van der Waals surface area contributed by atoms with E-state index in [2.05, 4.69) is 21.3 Å². The van der Waals surface area contributed by atoms with E-state index in [9.17, 15) is 24.0 Å². The van der Waals surface area contributed by atoms with Gasteiger partial charge in [0.1, 0.15) is 24.4 Å². The van der Waals surface area contributed by atoms with Gasteiger partial charge in [-0.25, -0.2) is 0 Å². The number of fused-ring (bicyclic) bond motifs is 1. The molecular weight excluding hydrogens is 434 g/mol. The normalized spacial score (nSPS) is 19.6. The van der Waals surface area contributed by atoms with Crippen LogP contribution in [-0.4, -0.2) is 74.5 Å². The average Bonchev–Trinajstić information content (AvgIpc) is 2.77. The minimum Gasteiger partial charge on any atom is -0.491 e. The van der Waals surface area contributed by atoms with Crippen molar-refractivity contribution >= 4 is 29.5 Å². The summed E-state index contributed by atoms with van der Waals surface area (Å²) < 4.78 is 10.8. The van der Waals surface area contributed by atoms with Crippen LogP contribution in [0.1, 0.15) is 30.1 Å². The third-order valence-electron chi connectivity index (χ3n) is 4.61. The second-order valence-corrected chi connectivity index (χ2v) is 7.14. The summed E-state index contributed by atoms with van der Waals surface area (Å²) in [5.74, 6) is -3.12. The van der Waals surface area contributed by atoms with Crippen molar-refractivity contribution in [3.05, 3.63) is 29.8 Å². The third kappa shape index (κ3) is 8.41. The van der Waals surface area contributed by atoms with E-state index in [1.54, 1.807) is 18.2 Å². The molecule has 12 heteroatoms. The zero-order chi connectivity index (χ0) is 24.2. The number of amides is 5. The predicted octanol–water partition coefficient (Wildman–Crippen LogP) is -1.80. The van der Waals surface area contributed by atoms with Crippen LogP contribution < -0.4 is 31.7 Å². The summed E-state index contributed by atoms with van der Waals surface area (Å²) in [7, 11) is 0. The molecule has 6 N–H and O–H groups in total. The van der Waals surface area contributed by atoms with Gasteiger partial charge in [0.2, 0.25) is 23.6 Å². The van der Waals surface area contributed by atoms with Gasteiger partial charge in [0, 0.05) is 13.2 Å². The molecule has 1 aliphatic rings. The highest BCUT2D eigenvalue weighted by molar-refractivity contribution is 6.01. The lowest BCUT2D eigenvalue weighted by atomic mass is 10.1. The minimum absolute atomic E-state index is 0.0224. The molecule has 180 valence electrons. The monoisotopic (exact) mass is 463 g/mol. The Morgan fingerprint density at radius 1 is 1.21 bits per heavy atom. The number of carbonyl (C=O) groups is 5. The van der Waals surface area contributed by atoms with Crippen LogP contribution in [-0.2, 0) is 23.9 Å². The number of rotatable bonds is 7. The quantitative estimate of drug-likeness (QED) is 0.296. The number of para-hydroxylation sites is 1. The first kappa shape index (κ1) is 25.6. The molecule has 0 radical (unpaired) electrons. The Bertz CT molecular complexity index is 876. The second kappa shape index (κ2) is 13.0. The van der Waals surface area contributed by atoms with E-state index < -0.39 is 54.5 Å². The maximum absolute atomic E-state index is 12.9. The maximum Gasteiger partial charge on any atom is 0.255 e. The highest BCUT2D eigenvalue weighted by Gasteiger charge is 2.29. The van der Waals surface area contributed by atoms with Gasteiger partial charge in [-0.3, -0.25) is 24.0 Å². The van der Waals surface area contributed by atoms with Crippen LogP contribution in [0.25, 0.3) is 0 Å². The number of hydrogen-bond acceptors (Lipinski definition) is 7. The van der Waals surface area contributed by atoms with Gasteiger partial charge in [-0.05, 0) is 19.1 Å². The standard InChI is InChI=1S/C21H29N5O7/c1-2-32-9-7-23-21(31)15-12-18(28)25-14(11-17(22)27)20(30)24-8-10-33-16-6-4-3-5-13(16)19(29)26-15/h3-6,14-15H,2,7-12H2,1H3,(H2,22,27)(H,23,31)(H,24,30)(H,25,28)(H,26,29)/t14-,15-/m0/s1. The summed E-state index contributed by atoms with van der Waals surface area (Å²) >= 11 is 0. The molecule has 0 saturated heterocycles. The number of nitrogens with two attached hydrogens (primary N) is 1. The molecule has 33 heavy (non-hydrogen) atoms. The molecule has 0 aliphatic carbocycles. The second-order valence-electron chi connectivity index (χ2n) is 7.14. The smallest absolute Gasteiger partial charge is 0.255 e. The summed E-state index contributed by atoms with van der Waals surface area (Å²) in [5.41, 5.74) is 5.36. The van der Waals surface area contributed by atoms with Crippen molar-refractivity contribution in [3.63, 3.8) is 0 Å². The van der Waals surface area contributed by atoms with Crippen LogP contribution in [0, 0.1) is 0 Å². The first-order valence-corrected chi connectivity index (χ1v) is 10.5. The topological polar surface area (TPSA) is 178 Å². The van der Waals surface area contributed by atoms with Crippen LogP contribution in [0.5, 0.6) is 5.75 Å². The molecule has 0 spiro atoms. The number of benzene rings is 1. The summed E-state index contributed by atoms with van der Waals surface area (Å²) in [6.45, 7) is 2.79. The molecule has 1 aliphatic heterocycles. The molecule has 0 unspecified atom stereocenters. The van der Waals surface area contributed by atoms with E-state index in [1.807, 2.05) is 6.92 Å². The average molecular weight is 463 g/mol. The van der Waals surface area contributed by atoms with Crippen molar-refractivity contribution < 1.29 is 33.4 Å². The van der Waals surface area contributed by atoms with E-state index >= 15 is 0 Å². The largest absolute Gasteiger partial charge is 0.491 e. The van der Waals surface area contributed by atoms with E-state index in [1.165, 1.54) is 6.07 Å². The Labute approximate surface area is 190 Å². The summed E-state index contributed by atoms with van der Waals surface area (Å²) in [6, 6.07) is 3.90. The first-order valence-electron chi connectivity index (χ1n) is 10.5. The van der Waals surface area contributed by atoms with Gasteiger partial charge in [-0.1, -0.05) is 12.1 Å². The van der Waals surface area contributed by atoms with Gasteiger partial charge < -0.3 is 36.5 Å². The van der Waals surface area contributed by atoms with Gasteiger partial charge in [-0.15, -0.1) is 0 Å². The summed E-state index contributed by atoms with van der Waals surface area (Å²) in [5, 5.41) is 10.1. The fourth-order valence-electron chi connectivity index (χ4n) is 3.05. The fraction of sp³-hybridized carbons (Fsp3) is 0.476. The molecule has 0 bridgehead atoms. The van der Waals surface area contributed by atoms with E-state index in [0.29, 0.717) is 6.61 Å². The van der Waals surface area contributed by atoms with E-state index in [-0.39, 0.29) is 37.6 Å². The Morgan fingerprint density at radius 3 is 2.70 bits per heavy atom. The maximum atomic E-state index is 12.9. The zero-order valence-electron chi connectivity index (χ0n) is 18.3. The van der Waals surface area contributed by atoms with Crippen molar-refractivity contribution in [2.75, 3.05) is 32.9 Å². The van der Waals surface area contributed by atoms with Gasteiger partial charge in [-0.2, -0.15) is 0 Å². The highest BCUT2D eigenvalue weighted by Crippen LogP contribution is 2.18. The van der Waals surface area contributed by atoms with Crippen molar-refractivity contribution in [2.24, 2.45) is 5.73 Å². The van der Waals surface area contributed by atoms with Crippen molar-refractivity contribution in [3.8, 4) is 5.75 Å². The number of ether oxygens (including phenoxy) is 2. The summed E-state index contributed by atoms with van der Waals surface area (Å²) in [4.78, 5) is 62.0. The Morgan fingerprint density at radius 2 is 1.97 bits per heavy atom. The van der Waals surface area contributed by atoms with Gasteiger partial charge in [0.25, 0.3) is 5.91 Å². The van der Waals surface area contributed by atoms with Crippen LogP contribution in [0.15, 0.2) is 24.3 Å². The molecule has 5 amide bonds. The molecule has 0 saturated carbocycles. The summed E-state index contributed by atoms with van der Waals surface area (Å²) in [6.07, 6.45) is -0.906. The van der Waals surface area contributed by atoms with Crippen LogP contribution in [0.2, 0.25) is 0 Å². The van der Waals surface area contributed by atoms with E-state index in [4.69, 9.17) is 15.2 Å². The number of carbonyl (C=O) groups excluding carboxylic acids is 5. The zero-order valence-corrected chi connectivity index (χ0v) is 18.3. The first-order chi connectivity index (χ1) is 15.8. The Kier molecular flexibility index (Phi) is 10.1. The molecule has 2 atom stereocenters. The molecule has 12 nitrogen and oxygen atoms in total. The third-order valence-corrected chi connectivity index (χ3v) is 4.61. The number of nitrogens with one attached hydrogen (secondary N) is 4. The van der Waals surface area contributed by atoms with Gasteiger partial charge in [0.15, 0.2) is 0 Å². The number of hydrogen-bond donors (Lipinski definition) is 5. The lowest BCUT2D eigenvalue weighted by Crippen LogP contribution is -2.53. The molecule has 2 rings (SSSR count). The van der Waals surface area contributed by atoms with Crippen LogP contribution >= 0.6 is 0 Å². The van der Waals surface area contributed by atoms with Crippen molar-refractivity contribution in [1.82, 2.24) is 21.3 Å². The molecule has 0 aromatic heterocycles. The van der Waals surface area contributed by atoms with Crippen LogP contribution in [0.3, 0.4) is 0 Å². The van der Waals surface area contributed by atoms with E-state index in [0.717, 1.165) is 0 Å².